The van der Waals surface area contributed by atoms with Gasteiger partial charge in [-0.3, -0.25) is 4.68 Å². The molecule has 0 fully saturated rings. The van der Waals surface area contributed by atoms with Crippen molar-refractivity contribution in [3.05, 3.63) is 36.0 Å². The van der Waals surface area contributed by atoms with Crippen LogP contribution in [-0.2, 0) is 7.05 Å². The molecular weight excluding hydrogens is 174 g/mol. The molecule has 0 aliphatic heterocycles. The first-order valence-electron chi connectivity index (χ1n) is 4.59. The Morgan fingerprint density at radius 1 is 1.50 bits per heavy atom. The Bertz CT molecular complexity index is 468. The number of nitrogens with two attached hydrogens (primary N) is 1. The van der Waals surface area contributed by atoms with Gasteiger partial charge >= 0.3 is 0 Å². The maximum Gasteiger partial charge on any atom is 0.0685 e. The number of aryl methyl sites for hydroxylation is 1. The molecule has 0 bridgehead atoms. The highest BCUT2D eigenvalue weighted by atomic mass is 15.2. The molecule has 1 heterocycles. The Morgan fingerprint density at radius 3 is 3.14 bits per heavy atom. The number of nitrogens with zero attached hydrogens (tertiary/aromatic N) is 2. The molecule has 2 N–H and O–H groups in total. The van der Waals surface area contributed by atoms with E-state index in [0.717, 1.165) is 16.5 Å². The SMILES string of the molecule is Cn1ncc2ccc(C=CCN)cc21. The molecule has 1 aromatic heterocycles. The lowest BCUT2D eigenvalue weighted by atomic mass is 10.1. The van der Waals surface area contributed by atoms with Crippen LogP contribution in [0.4, 0.5) is 0 Å². The second-order valence-corrected chi connectivity index (χ2v) is 3.22. The van der Waals surface area contributed by atoms with Crippen LogP contribution in [0, 0.1) is 0 Å². The number of hydrogen-bond acceptors (Lipinski definition) is 2. The van der Waals surface area contributed by atoms with Gasteiger partial charge < -0.3 is 5.73 Å². The highest BCUT2D eigenvalue weighted by Gasteiger charge is 1.98. The number of fused-ring (bicyclic) bond motifs is 1. The molecule has 0 saturated heterocycles. The van der Waals surface area contributed by atoms with Crippen LogP contribution >= 0.6 is 0 Å². The summed E-state index contributed by atoms with van der Waals surface area (Å²) in [6.45, 7) is 0.573. The molecule has 0 radical (unpaired) electrons. The monoisotopic (exact) mass is 187 g/mol. The molecule has 0 unspecified atom stereocenters. The number of benzene rings is 1. The number of rotatable bonds is 2. The van der Waals surface area contributed by atoms with E-state index < -0.39 is 0 Å². The van der Waals surface area contributed by atoms with Crippen molar-refractivity contribution >= 4 is 17.0 Å². The van der Waals surface area contributed by atoms with Crippen LogP contribution in [0.5, 0.6) is 0 Å². The summed E-state index contributed by atoms with van der Waals surface area (Å²) < 4.78 is 1.87. The molecule has 0 amide bonds. The zero-order valence-electron chi connectivity index (χ0n) is 8.14. The van der Waals surface area contributed by atoms with Gasteiger partial charge in [-0.05, 0) is 11.6 Å². The van der Waals surface area contributed by atoms with Crippen molar-refractivity contribution in [3.8, 4) is 0 Å². The summed E-state index contributed by atoms with van der Waals surface area (Å²) in [5.41, 5.74) is 7.70. The van der Waals surface area contributed by atoms with Crippen LogP contribution in [0.2, 0.25) is 0 Å². The molecule has 0 saturated carbocycles. The Morgan fingerprint density at radius 2 is 2.36 bits per heavy atom. The van der Waals surface area contributed by atoms with Crippen LogP contribution in [0.3, 0.4) is 0 Å². The van der Waals surface area contributed by atoms with Gasteiger partial charge in [-0.15, -0.1) is 0 Å². The van der Waals surface area contributed by atoms with Crippen molar-refractivity contribution < 1.29 is 0 Å². The van der Waals surface area contributed by atoms with Crippen molar-refractivity contribution in [2.24, 2.45) is 12.8 Å². The third kappa shape index (κ3) is 1.54. The Labute approximate surface area is 82.8 Å². The smallest absolute Gasteiger partial charge is 0.0685 e. The van der Waals surface area contributed by atoms with E-state index in [1.807, 2.05) is 30.1 Å². The second-order valence-electron chi connectivity index (χ2n) is 3.22. The molecule has 0 aliphatic carbocycles. The average Bonchev–Trinajstić information content (AvgIpc) is 2.57. The lowest BCUT2D eigenvalue weighted by molar-refractivity contribution is 0.797. The van der Waals surface area contributed by atoms with Gasteiger partial charge in [0.1, 0.15) is 0 Å². The first-order valence-corrected chi connectivity index (χ1v) is 4.59. The lowest BCUT2D eigenvalue weighted by Crippen LogP contribution is -1.92. The van der Waals surface area contributed by atoms with Crippen molar-refractivity contribution in [3.63, 3.8) is 0 Å². The summed E-state index contributed by atoms with van der Waals surface area (Å²) in [5, 5.41) is 5.35. The normalized spacial score (nSPS) is 11.6. The fourth-order valence-corrected chi connectivity index (χ4v) is 1.47. The van der Waals surface area contributed by atoms with E-state index in [4.69, 9.17) is 5.73 Å². The van der Waals surface area contributed by atoms with Gasteiger partial charge in [0, 0.05) is 19.0 Å². The van der Waals surface area contributed by atoms with Crippen LogP contribution in [0.15, 0.2) is 30.5 Å². The van der Waals surface area contributed by atoms with E-state index in [1.165, 1.54) is 0 Å². The van der Waals surface area contributed by atoms with Gasteiger partial charge in [-0.1, -0.05) is 24.3 Å². The van der Waals surface area contributed by atoms with Crippen LogP contribution in [0.25, 0.3) is 17.0 Å². The van der Waals surface area contributed by atoms with Crippen LogP contribution in [0.1, 0.15) is 5.56 Å². The molecule has 3 heteroatoms. The summed E-state index contributed by atoms with van der Waals surface area (Å²) in [6.07, 6.45) is 5.83. The molecule has 3 nitrogen and oxygen atoms in total. The quantitative estimate of drug-likeness (QED) is 0.775. The standard InChI is InChI=1S/C11H13N3/c1-14-11-7-9(3-2-6-12)4-5-10(11)8-13-14/h2-5,7-8H,6,12H2,1H3. The third-order valence-corrected chi connectivity index (χ3v) is 2.22. The summed E-state index contributed by atoms with van der Waals surface area (Å²) in [4.78, 5) is 0. The van der Waals surface area contributed by atoms with E-state index >= 15 is 0 Å². The predicted octanol–water partition coefficient (Wildman–Crippen LogP) is 1.55. The molecule has 14 heavy (non-hydrogen) atoms. The Balaban J connectivity index is 2.49. The summed E-state index contributed by atoms with van der Waals surface area (Å²) in [5.74, 6) is 0. The first kappa shape index (κ1) is 8.97. The zero-order valence-corrected chi connectivity index (χ0v) is 8.14. The van der Waals surface area contributed by atoms with Crippen LogP contribution < -0.4 is 5.73 Å². The largest absolute Gasteiger partial charge is 0.327 e. The minimum absolute atomic E-state index is 0.573. The van der Waals surface area contributed by atoms with E-state index in [0.29, 0.717) is 6.54 Å². The molecule has 0 atom stereocenters. The van der Waals surface area contributed by atoms with Crippen molar-refractivity contribution in [2.75, 3.05) is 6.54 Å². The fraction of sp³-hybridized carbons (Fsp3) is 0.182. The lowest BCUT2D eigenvalue weighted by Gasteiger charge is -1.96. The first-order chi connectivity index (χ1) is 6.81. The third-order valence-electron chi connectivity index (χ3n) is 2.22. The average molecular weight is 187 g/mol. The minimum atomic E-state index is 0.573. The molecule has 2 aromatic rings. The van der Waals surface area contributed by atoms with Crippen LogP contribution in [-0.4, -0.2) is 16.3 Å². The zero-order chi connectivity index (χ0) is 9.97. The van der Waals surface area contributed by atoms with Gasteiger partial charge in [0.05, 0.1) is 11.7 Å². The molecular formula is C11H13N3. The van der Waals surface area contributed by atoms with Gasteiger partial charge in [0.15, 0.2) is 0 Å². The summed E-state index contributed by atoms with van der Waals surface area (Å²) in [6, 6.07) is 6.24. The molecule has 0 aliphatic rings. The van der Waals surface area contributed by atoms with E-state index in [9.17, 15) is 0 Å². The van der Waals surface area contributed by atoms with Crippen molar-refractivity contribution in [1.82, 2.24) is 9.78 Å². The highest BCUT2D eigenvalue weighted by Crippen LogP contribution is 2.15. The van der Waals surface area contributed by atoms with E-state index in [1.54, 1.807) is 0 Å². The number of hydrogen-bond donors (Lipinski definition) is 1. The second kappa shape index (κ2) is 3.64. The Hall–Kier alpha value is -1.61. The maximum absolute atomic E-state index is 5.39. The van der Waals surface area contributed by atoms with E-state index in [-0.39, 0.29) is 0 Å². The van der Waals surface area contributed by atoms with E-state index in [2.05, 4.69) is 23.3 Å². The van der Waals surface area contributed by atoms with Crippen molar-refractivity contribution in [1.29, 1.82) is 0 Å². The molecule has 2 rings (SSSR count). The maximum atomic E-state index is 5.39. The summed E-state index contributed by atoms with van der Waals surface area (Å²) in [7, 11) is 1.94. The minimum Gasteiger partial charge on any atom is -0.327 e. The van der Waals surface area contributed by atoms with Gasteiger partial charge in [0.2, 0.25) is 0 Å². The molecule has 72 valence electrons. The predicted molar refractivity (Wildman–Crippen MR) is 58.8 cm³/mol. The fourth-order valence-electron chi connectivity index (χ4n) is 1.47. The van der Waals surface area contributed by atoms with Gasteiger partial charge in [-0.2, -0.15) is 5.10 Å². The topological polar surface area (TPSA) is 43.8 Å². The van der Waals surface area contributed by atoms with Gasteiger partial charge in [0.25, 0.3) is 0 Å². The molecule has 1 aromatic carbocycles. The molecule has 0 spiro atoms. The number of aromatic nitrogens is 2. The Kier molecular flexibility index (Phi) is 2.33. The highest BCUT2D eigenvalue weighted by molar-refractivity contribution is 5.81. The summed E-state index contributed by atoms with van der Waals surface area (Å²) >= 11 is 0. The van der Waals surface area contributed by atoms with Gasteiger partial charge in [-0.25, -0.2) is 0 Å². The van der Waals surface area contributed by atoms with Crippen molar-refractivity contribution in [2.45, 2.75) is 0 Å².